The highest BCUT2D eigenvalue weighted by atomic mass is 16.3. The van der Waals surface area contributed by atoms with Crippen molar-refractivity contribution >= 4 is 23.1 Å². The van der Waals surface area contributed by atoms with Gasteiger partial charge in [0.25, 0.3) is 5.91 Å². The van der Waals surface area contributed by atoms with E-state index in [9.17, 15) is 9.90 Å². The van der Waals surface area contributed by atoms with Gasteiger partial charge in [0.1, 0.15) is 0 Å². The van der Waals surface area contributed by atoms with Crippen LogP contribution in [0.3, 0.4) is 0 Å². The van der Waals surface area contributed by atoms with Crippen LogP contribution in [0.25, 0.3) is 5.65 Å². The molecule has 1 saturated heterocycles. The van der Waals surface area contributed by atoms with E-state index >= 15 is 0 Å². The molecule has 0 bridgehead atoms. The summed E-state index contributed by atoms with van der Waals surface area (Å²) in [6, 6.07) is 5.73. The first kappa shape index (κ1) is 19.4. The van der Waals surface area contributed by atoms with Crippen LogP contribution in [0.15, 0.2) is 36.8 Å². The number of carbonyl (C=O) groups is 1. The zero-order valence-corrected chi connectivity index (χ0v) is 16.8. The number of aryl methyl sites for hydroxylation is 2. The number of aromatic nitrogens is 3. The van der Waals surface area contributed by atoms with Crippen LogP contribution in [-0.4, -0.2) is 68.1 Å². The number of rotatable bonds is 4. The Morgan fingerprint density at radius 3 is 2.83 bits per heavy atom. The number of hydrogen-bond acceptors (Lipinski definition) is 6. The number of benzene rings is 1. The second-order valence-electron chi connectivity index (χ2n) is 7.43. The molecule has 1 aromatic carbocycles. The molecule has 8 nitrogen and oxygen atoms in total. The highest BCUT2D eigenvalue weighted by Gasteiger charge is 2.21. The molecule has 2 N–H and O–H groups in total. The molecule has 0 aliphatic carbocycles. The van der Waals surface area contributed by atoms with Gasteiger partial charge in [0.2, 0.25) is 0 Å². The molecule has 0 radical (unpaired) electrons. The Morgan fingerprint density at radius 2 is 2.03 bits per heavy atom. The average molecular weight is 394 g/mol. The highest BCUT2D eigenvalue weighted by molar-refractivity contribution is 5.96. The molecular weight excluding hydrogens is 368 g/mol. The fourth-order valence-corrected chi connectivity index (χ4v) is 3.73. The van der Waals surface area contributed by atoms with Gasteiger partial charge in [-0.2, -0.15) is 0 Å². The maximum Gasteiger partial charge on any atom is 0.254 e. The lowest BCUT2D eigenvalue weighted by Gasteiger charge is -2.22. The third kappa shape index (κ3) is 3.94. The number of nitrogens with zero attached hydrogens (tertiary/aromatic N) is 5. The fraction of sp³-hybridized carbons (Fsp3) is 0.381. The van der Waals surface area contributed by atoms with Crippen LogP contribution >= 0.6 is 0 Å². The zero-order chi connectivity index (χ0) is 20.4. The largest absolute Gasteiger partial charge is 0.381 e. The predicted octanol–water partition coefficient (Wildman–Crippen LogP) is 2.19. The SMILES string of the molecule is Cc1cc(Nc2nccn3c(C)cnc23)ccc1C(=O)N1CCCN(CO)CC1. The Bertz CT molecular complexity index is 1030. The third-order valence-electron chi connectivity index (χ3n) is 5.41. The highest BCUT2D eigenvalue weighted by Crippen LogP contribution is 2.23. The van der Waals surface area contributed by atoms with Crippen LogP contribution in [0, 0.1) is 13.8 Å². The van der Waals surface area contributed by atoms with Crippen molar-refractivity contribution in [2.45, 2.75) is 20.3 Å². The Balaban J connectivity index is 1.52. The minimum Gasteiger partial charge on any atom is -0.381 e. The first-order chi connectivity index (χ1) is 14.1. The quantitative estimate of drug-likeness (QED) is 0.706. The predicted molar refractivity (Wildman–Crippen MR) is 111 cm³/mol. The third-order valence-corrected chi connectivity index (χ3v) is 5.41. The van der Waals surface area contributed by atoms with Crippen LogP contribution in [0.2, 0.25) is 0 Å². The number of amides is 1. The van der Waals surface area contributed by atoms with Crippen LogP contribution in [-0.2, 0) is 0 Å². The number of nitrogens with one attached hydrogen (secondary N) is 1. The second kappa shape index (κ2) is 8.18. The van der Waals surface area contributed by atoms with Crippen molar-refractivity contribution in [1.82, 2.24) is 24.2 Å². The van der Waals surface area contributed by atoms with Crippen LogP contribution in [0.1, 0.15) is 28.0 Å². The summed E-state index contributed by atoms with van der Waals surface area (Å²) in [5, 5.41) is 12.6. The normalized spacial score (nSPS) is 15.5. The summed E-state index contributed by atoms with van der Waals surface area (Å²) in [5.74, 6) is 0.716. The van der Waals surface area contributed by atoms with Crippen molar-refractivity contribution in [2.75, 3.05) is 38.2 Å². The molecule has 1 amide bonds. The van der Waals surface area contributed by atoms with E-state index in [0.29, 0.717) is 31.0 Å². The molecule has 3 aromatic rings. The molecule has 1 fully saturated rings. The summed E-state index contributed by atoms with van der Waals surface area (Å²) in [6.07, 6.45) is 6.30. The smallest absolute Gasteiger partial charge is 0.254 e. The minimum absolute atomic E-state index is 0.0398. The Kier molecular flexibility index (Phi) is 5.46. The summed E-state index contributed by atoms with van der Waals surface area (Å²) in [7, 11) is 0. The summed E-state index contributed by atoms with van der Waals surface area (Å²) >= 11 is 0. The van der Waals surface area contributed by atoms with Crippen molar-refractivity contribution < 1.29 is 9.90 Å². The summed E-state index contributed by atoms with van der Waals surface area (Å²) in [4.78, 5) is 25.7. The van der Waals surface area contributed by atoms with E-state index in [1.807, 2.05) is 58.6 Å². The Labute approximate surface area is 169 Å². The summed E-state index contributed by atoms with van der Waals surface area (Å²) in [5.41, 5.74) is 4.29. The van der Waals surface area contributed by atoms with Gasteiger partial charge in [0.05, 0.1) is 6.73 Å². The summed E-state index contributed by atoms with van der Waals surface area (Å²) in [6.45, 7) is 6.83. The molecule has 0 unspecified atom stereocenters. The standard InChI is InChI=1S/C21H26N6O2/c1-15-12-17(24-19-20-23-13-16(2)27(20)9-6-22-19)4-5-18(15)21(29)26-8-3-7-25(14-28)10-11-26/h4-6,9,12-13,28H,3,7-8,10-11,14H2,1-2H3,(H,22,24). The van der Waals surface area contributed by atoms with Crippen molar-refractivity contribution in [3.8, 4) is 0 Å². The zero-order valence-electron chi connectivity index (χ0n) is 16.8. The molecule has 1 aliphatic heterocycles. The van der Waals surface area contributed by atoms with Crippen molar-refractivity contribution in [3.63, 3.8) is 0 Å². The lowest BCUT2D eigenvalue weighted by Crippen LogP contribution is -2.35. The number of fused-ring (bicyclic) bond motifs is 1. The number of anilines is 2. The van der Waals surface area contributed by atoms with E-state index in [1.54, 1.807) is 6.20 Å². The van der Waals surface area contributed by atoms with Gasteiger partial charge in [-0.1, -0.05) is 0 Å². The van der Waals surface area contributed by atoms with Gasteiger partial charge in [0, 0.05) is 61.7 Å². The van der Waals surface area contributed by atoms with Crippen LogP contribution < -0.4 is 5.32 Å². The van der Waals surface area contributed by atoms with E-state index in [-0.39, 0.29) is 12.6 Å². The Hall–Kier alpha value is -2.97. The van der Waals surface area contributed by atoms with Gasteiger partial charge in [0.15, 0.2) is 11.5 Å². The molecule has 2 aromatic heterocycles. The molecule has 3 heterocycles. The number of imidazole rings is 1. The van der Waals surface area contributed by atoms with Crippen molar-refractivity contribution in [1.29, 1.82) is 0 Å². The van der Waals surface area contributed by atoms with E-state index in [0.717, 1.165) is 35.6 Å². The van der Waals surface area contributed by atoms with Gasteiger partial charge in [-0.3, -0.25) is 14.1 Å². The second-order valence-corrected chi connectivity index (χ2v) is 7.43. The molecule has 4 rings (SSSR count). The van der Waals surface area contributed by atoms with Crippen molar-refractivity contribution in [2.24, 2.45) is 0 Å². The first-order valence-corrected chi connectivity index (χ1v) is 9.85. The number of aliphatic hydroxyl groups excluding tert-OH is 1. The van der Waals surface area contributed by atoms with Gasteiger partial charge >= 0.3 is 0 Å². The van der Waals surface area contributed by atoms with Crippen LogP contribution in [0.4, 0.5) is 11.5 Å². The van der Waals surface area contributed by atoms with Crippen molar-refractivity contribution in [3.05, 3.63) is 53.6 Å². The monoisotopic (exact) mass is 394 g/mol. The topological polar surface area (TPSA) is 86.0 Å². The molecule has 0 spiro atoms. The maximum absolute atomic E-state index is 13.0. The van der Waals surface area contributed by atoms with Crippen LogP contribution in [0.5, 0.6) is 0 Å². The Morgan fingerprint density at radius 1 is 1.17 bits per heavy atom. The molecule has 0 atom stereocenters. The number of aliphatic hydroxyl groups is 1. The van der Waals surface area contributed by atoms with Gasteiger partial charge < -0.3 is 15.3 Å². The van der Waals surface area contributed by atoms with E-state index in [2.05, 4.69) is 15.3 Å². The minimum atomic E-state index is 0.0398. The number of hydrogen-bond donors (Lipinski definition) is 2. The molecule has 8 heteroatoms. The van der Waals surface area contributed by atoms with E-state index < -0.39 is 0 Å². The molecule has 152 valence electrons. The van der Waals surface area contributed by atoms with E-state index in [4.69, 9.17) is 0 Å². The first-order valence-electron chi connectivity index (χ1n) is 9.85. The van der Waals surface area contributed by atoms with Gasteiger partial charge in [-0.25, -0.2) is 9.97 Å². The number of carbonyl (C=O) groups excluding carboxylic acids is 1. The summed E-state index contributed by atoms with van der Waals surface area (Å²) < 4.78 is 1.98. The van der Waals surface area contributed by atoms with Gasteiger partial charge in [-0.15, -0.1) is 0 Å². The van der Waals surface area contributed by atoms with E-state index in [1.165, 1.54) is 0 Å². The molecule has 1 aliphatic rings. The lowest BCUT2D eigenvalue weighted by molar-refractivity contribution is 0.0742. The molecular formula is C21H26N6O2. The maximum atomic E-state index is 13.0. The van der Waals surface area contributed by atoms with Gasteiger partial charge in [-0.05, 0) is 44.0 Å². The average Bonchev–Trinajstić information content (AvgIpc) is 2.95. The molecule has 0 saturated carbocycles. The molecule has 29 heavy (non-hydrogen) atoms. The fourth-order valence-electron chi connectivity index (χ4n) is 3.73. The lowest BCUT2D eigenvalue weighted by atomic mass is 10.1.